The van der Waals surface area contributed by atoms with Crippen LogP contribution in [0.25, 0.3) is 0 Å². The van der Waals surface area contributed by atoms with Gasteiger partial charge in [0.1, 0.15) is 11.6 Å². The molecule has 112 valence electrons. The Morgan fingerprint density at radius 1 is 1.05 bits per heavy atom. The summed E-state index contributed by atoms with van der Waals surface area (Å²) in [6.45, 7) is 6.99. The van der Waals surface area contributed by atoms with E-state index in [9.17, 15) is 8.78 Å². The number of benzene rings is 2. The Bertz CT molecular complexity index is 602. The van der Waals surface area contributed by atoms with Crippen molar-refractivity contribution in [2.24, 2.45) is 0 Å². The Hall–Kier alpha value is -1.74. The summed E-state index contributed by atoms with van der Waals surface area (Å²) in [4.78, 5) is 0. The molecule has 0 spiro atoms. The van der Waals surface area contributed by atoms with Crippen LogP contribution in [0.4, 0.5) is 8.78 Å². The fourth-order valence-electron chi connectivity index (χ4n) is 2.65. The zero-order chi connectivity index (χ0) is 15.4. The minimum absolute atomic E-state index is 0.0519. The first kappa shape index (κ1) is 15.6. The van der Waals surface area contributed by atoms with Crippen molar-refractivity contribution in [1.82, 2.24) is 5.32 Å². The average Bonchev–Trinajstić information content (AvgIpc) is 2.40. The van der Waals surface area contributed by atoms with Gasteiger partial charge in [-0.25, -0.2) is 8.78 Å². The maximum Gasteiger partial charge on any atom is 0.126 e. The maximum atomic E-state index is 13.3. The minimum Gasteiger partial charge on any atom is -0.310 e. The molecule has 0 aliphatic carbocycles. The van der Waals surface area contributed by atoms with Crippen LogP contribution in [0.1, 0.15) is 35.2 Å². The van der Waals surface area contributed by atoms with E-state index in [4.69, 9.17) is 0 Å². The third-order valence-corrected chi connectivity index (χ3v) is 3.83. The molecule has 3 heteroatoms. The zero-order valence-electron chi connectivity index (χ0n) is 12.7. The third kappa shape index (κ3) is 3.88. The van der Waals surface area contributed by atoms with E-state index in [1.807, 2.05) is 13.0 Å². The van der Waals surface area contributed by atoms with E-state index in [-0.39, 0.29) is 6.04 Å². The summed E-state index contributed by atoms with van der Waals surface area (Å²) in [5.74, 6) is -1.05. The van der Waals surface area contributed by atoms with Crippen molar-refractivity contribution in [2.75, 3.05) is 6.54 Å². The molecule has 0 aliphatic heterocycles. The van der Waals surface area contributed by atoms with Crippen LogP contribution < -0.4 is 5.32 Å². The van der Waals surface area contributed by atoms with E-state index in [1.165, 1.54) is 28.8 Å². The summed E-state index contributed by atoms with van der Waals surface area (Å²) in [6.07, 6.45) is 0.562. The van der Waals surface area contributed by atoms with Crippen molar-refractivity contribution in [2.45, 2.75) is 33.2 Å². The van der Waals surface area contributed by atoms with E-state index in [0.29, 0.717) is 12.0 Å². The number of rotatable bonds is 5. The highest BCUT2D eigenvalue weighted by Gasteiger charge is 2.15. The van der Waals surface area contributed by atoms with Crippen molar-refractivity contribution in [3.05, 3.63) is 70.3 Å². The highest BCUT2D eigenvalue weighted by atomic mass is 19.1. The largest absolute Gasteiger partial charge is 0.310 e. The van der Waals surface area contributed by atoms with E-state index < -0.39 is 11.6 Å². The molecule has 0 saturated heterocycles. The summed E-state index contributed by atoms with van der Waals surface area (Å²) in [5.41, 5.74) is 4.29. The van der Waals surface area contributed by atoms with Gasteiger partial charge < -0.3 is 5.32 Å². The molecule has 0 saturated carbocycles. The number of aryl methyl sites for hydroxylation is 1. The molecular formula is C18H21F2N. The number of likely N-dealkylation sites (N-methyl/N-ethyl adjacent to an activating group) is 1. The molecule has 0 amide bonds. The van der Waals surface area contributed by atoms with Gasteiger partial charge in [-0.2, -0.15) is 0 Å². The summed E-state index contributed by atoms with van der Waals surface area (Å²) in [5, 5.41) is 3.41. The van der Waals surface area contributed by atoms with Crippen LogP contribution in [-0.4, -0.2) is 6.54 Å². The highest BCUT2D eigenvalue weighted by molar-refractivity contribution is 5.36. The van der Waals surface area contributed by atoms with Crippen molar-refractivity contribution in [3.8, 4) is 0 Å². The Morgan fingerprint density at radius 3 is 2.33 bits per heavy atom. The van der Waals surface area contributed by atoms with E-state index >= 15 is 0 Å². The molecule has 0 heterocycles. The van der Waals surface area contributed by atoms with Crippen LogP contribution in [-0.2, 0) is 6.42 Å². The van der Waals surface area contributed by atoms with Gasteiger partial charge in [0.05, 0.1) is 0 Å². The van der Waals surface area contributed by atoms with Crippen LogP contribution >= 0.6 is 0 Å². The van der Waals surface area contributed by atoms with Gasteiger partial charge in [0.2, 0.25) is 0 Å². The van der Waals surface area contributed by atoms with E-state index in [0.717, 1.165) is 12.6 Å². The fraction of sp³-hybridized carbons (Fsp3) is 0.333. The number of halogens is 2. The third-order valence-electron chi connectivity index (χ3n) is 3.83. The normalized spacial score (nSPS) is 12.4. The van der Waals surface area contributed by atoms with Crippen molar-refractivity contribution < 1.29 is 8.78 Å². The molecule has 1 nitrogen and oxygen atoms in total. The van der Waals surface area contributed by atoms with Crippen molar-refractivity contribution >= 4 is 0 Å². The molecule has 1 N–H and O–H groups in total. The Balaban J connectivity index is 2.32. The van der Waals surface area contributed by atoms with Crippen LogP contribution in [0, 0.1) is 25.5 Å². The second kappa shape index (κ2) is 6.81. The van der Waals surface area contributed by atoms with Crippen LogP contribution in [0.5, 0.6) is 0 Å². The Morgan fingerprint density at radius 2 is 1.71 bits per heavy atom. The molecular weight excluding hydrogens is 268 g/mol. The predicted octanol–water partition coefficient (Wildman–Crippen LogP) is 4.47. The quantitative estimate of drug-likeness (QED) is 0.856. The van der Waals surface area contributed by atoms with Gasteiger partial charge in [-0.15, -0.1) is 0 Å². The Labute approximate surface area is 125 Å². The van der Waals surface area contributed by atoms with Gasteiger partial charge in [-0.1, -0.05) is 25.1 Å². The standard InChI is InChI=1S/C18H21F2N/c1-4-21-18(17-7-5-6-12(2)13(17)3)10-14-8-15(19)11-16(20)9-14/h5-9,11,18,21H,4,10H2,1-3H3. The lowest BCUT2D eigenvalue weighted by atomic mass is 9.93. The Kier molecular flexibility index (Phi) is 5.07. The van der Waals surface area contributed by atoms with Gasteiger partial charge >= 0.3 is 0 Å². The molecule has 0 aliphatic rings. The molecule has 21 heavy (non-hydrogen) atoms. The van der Waals surface area contributed by atoms with Gasteiger partial charge in [0, 0.05) is 12.1 Å². The molecule has 2 aromatic rings. The molecule has 0 bridgehead atoms. The fourth-order valence-corrected chi connectivity index (χ4v) is 2.65. The van der Waals surface area contributed by atoms with Gasteiger partial charge in [-0.05, 0) is 61.2 Å². The first-order valence-corrected chi connectivity index (χ1v) is 7.25. The molecule has 2 aromatic carbocycles. The number of hydrogen-bond donors (Lipinski definition) is 1. The average molecular weight is 289 g/mol. The molecule has 0 fully saturated rings. The van der Waals surface area contributed by atoms with Gasteiger partial charge in [-0.3, -0.25) is 0 Å². The first-order valence-electron chi connectivity index (χ1n) is 7.25. The summed E-state index contributed by atoms with van der Waals surface area (Å²) in [6, 6.07) is 9.93. The van der Waals surface area contributed by atoms with Crippen LogP contribution in [0.3, 0.4) is 0 Å². The monoisotopic (exact) mass is 289 g/mol. The van der Waals surface area contributed by atoms with Crippen LogP contribution in [0.2, 0.25) is 0 Å². The molecule has 0 radical (unpaired) electrons. The topological polar surface area (TPSA) is 12.0 Å². The number of nitrogens with one attached hydrogen (secondary N) is 1. The predicted molar refractivity (Wildman–Crippen MR) is 82.4 cm³/mol. The first-order chi connectivity index (χ1) is 10.0. The van der Waals surface area contributed by atoms with E-state index in [1.54, 1.807) is 0 Å². The minimum atomic E-state index is -0.527. The summed E-state index contributed by atoms with van der Waals surface area (Å²) >= 11 is 0. The van der Waals surface area contributed by atoms with Gasteiger partial charge in [0.25, 0.3) is 0 Å². The number of hydrogen-bond acceptors (Lipinski definition) is 1. The lowest BCUT2D eigenvalue weighted by Crippen LogP contribution is -2.24. The maximum absolute atomic E-state index is 13.3. The lowest BCUT2D eigenvalue weighted by Gasteiger charge is -2.21. The summed E-state index contributed by atoms with van der Waals surface area (Å²) in [7, 11) is 0. The van der Waals surface area contributed by atoms with Crippen molar-refractivity contribution in [1.29, 1.82) is 0 Å². The molecule has 1 unspecified atom stereocenters. The second-order valence-electron chi connectivity index (χ2n) is 5.38. The van der Waals surface area contributed by atoms with E-state index in [2.05, 4.69) is 31.3 Å². The molecule has 2 rings (SSSR count). The SMILES string of the molecule is CCNC(Cc1cc(F)cc(F)c1)c1cccc(C)c1C. The lowest BCUT2D eigenvalue weighted by molar-refractivity contribution is 0.537. The highest BCUT2D eigenvalue weighted by Crippen LogP contribution is 2.24. The zero-order valence-corrected chi connectivity index (χ0v) is 12.7. The van der Waals surface area contributed by atoms with Crippen molar-refractivity contribution in [3.63, 3.8) is 0 Å². The van der Waals surface area contributed by atoms with Crippen LogP contribution in [0.15, 0.2) is 36.4 Å². The molecule has 0 aromatic heterocycles. The second-order valence-corrected chi connectivity index (χ2v) is 5.38. The summed E-state index contributed by atoms with van der Waals surface area (Å²) < 4.78 is 26.7. The smallest absolute Gasteiger partial charge is 0.126 e. The molecule has 1 atom stereocenters. The van der Waals surface area contributed by atoms with Gasteiger partial charge in [0.15, 0.2) is 0 Å².